The molecule has 1 saturated heterocycles. The summed E-state index contributed by atoms with van der Waals surface area (Å²) in [5.74, 6) is 0.193. The van der Waals surface area contributed by atoms with Crippen LogP contribution < -0.4 is 10.6 Å². The highest BCUT2D eigenvalue weighted by molar-refractivity contribution is 6.02. The Hall–Kier alpha value is -1.71. The van der Waals surface area contributed by atoms with Crippen LogP contribution in [0.2, 0.25) is 0 Å². The molecule has 3 N–H and O–H groups in total. The fraction of sp³-hybridized carbons (Fsp3) is 0.500. The Balaban J connectivity index is 2.40. The van der Waals surface area contributed by atoms with Gasteiger partial charge in [0.2, 0.25) is 0 Å². The largest absolute Gasteiger partial charge is 0.409 e. The van der Waals surface area contributed by atoms with Gasteiger partial charge in [0.1, 0.15) is 0 Å². The third-order valence-electron chi connectivity index (χ3n) is 3.54. The van der Waals surface area contributed by atoms with Gasteiger partial charge in [-0.3, -0.25) is 0 Å². The topological polar surface area (TPSA) is 61.9 Å². The maximum Gasteiger partial charge on any atom is 0.172 e. The molecule has 1 aliphatic heterocycles. The van der Waals surface area contributed by atoms with Crippen molar-refractivity contribution in [2.45, 2.75) is 32.6 Å². The molecule has 98 valence electrons. The molecule has 4 nitrogen and oxygen atoms in total. The lowest BCUT2D eigenvalue weighted by Gasteiger charge is -2.27. The molecule has 2 rings (SSSR count). The summed E-state index contributed by atoms with van der Waals surface area (Å²) in [7, 11) is 0. The van der Waals surface area contributed by atoms with Gasteiger partial charge >= 0.3 is 0 Å². The molecular weight excluding hydrogens is 226 g/mol. The zero-order valence-electron chi connectivity index (χ0n) is 10.9. The first-order valence-corrected chi connectivity index (χ1v) is 6.56. The summed E-state index contributed by atoms with van der Waals surface area (Å²) in [6.45, 7) is 4.18. The van der Waals surface area contributed by atoms with Crippen LogP contribution in [0.25, 0.3) is 0 Å². The molecule has 0 aromatic heterocycles. The van der Waals surface area contributed by atoms with E-state index in [2.05, 4.69) is 23.0 Å². The van der Waals surface area contributed by atoms with Crippen molar-refractivity contribution in [1.82, 2.24) is 0 Å². The number of nitrogens with two attached hydrogens (primary N) is 1. The molecule has 0 unspecified atom stereocenters. The highest BCUT2D eigenvalue weighted by atomic mass is 16.4. The van der Waals surface area contributed by atoms with Crippen LogP contribution in [-0.2, 0) is 0 Å². The molecular formula is C14H21N3O. The van der Waals surface area contributed by atoms with Crippen molar-refractivity contribution in [3.05, 3.63) is 29.3 Å². The van der Waals surface area contributed by atoms with Crippen LogP contribution >= 0.6 is 0 Å². The minimum atomic E-state index is 0.193. The Labute approximate surface area is 108 Å². The highest BCUT2D eigenvalue weighted by Gasteiger charge is 2.17. The van der Waals surface area contributed by atoms with Crippen molar-refractivity contribution >= 4 is 11.5 Å². The van der Waals surface area contributed by atoms with E-state index in [-0.39, 0.29) is 5.84 Å². The summed E-state index contributed by atoms with van der Waals surface area (Å²) in [4.78, 5) is 2.37. The normalized spacial score (nSPS) is 17.6. The average Bonchev–Trinajstić information content (AvgIpc) is 2.66. The fourth-order valence-corrected chi connectivity index (χ4v) is 2.63. The molecule has 0 spiro atoms. The van der Waals surface area contributed by atoms with Crippen molar-refractivity contribution in [2.24, 2.45) is 10.9 Å². The molecule has 1 aromatic rings. The lowest BCUT2D eigenvalue weighted by molar-refractivity contribution is 0.318. The number of oxime groups is 1. The van der Waals surface area contributed by atoms with Gasteiger partial charge in [-0.15, -0.1) is 0 Å². The number of amidine groups is 1. The van der Waals surface area contributed by atoms with Crippen molar-refractivity contribution in [1.29, 1.82) is 0 Å². The summed E-state index contributed by atoms with van der Waals surface area (Å²) < 4.78 is 0. The van der Waals surface area contributed by atoms with Gasteiger partial charge in [0.05, 0.1) is 5.69 Å². The zero-order chi connectivity index (χ0) is 13.0. The predicted octanol–water partition coefficient (Wildman–Crippen LogP) is 2.47. The SMILES string of the molecule is Cc1cccc(/C(N)=N/O)c1N1CCCCCC1. The smallest absolute Gasteiger partial charge is 0.172 e. The molecule has 0 amide bonds. The van der Waals surface area contributed by atoms with E-state index in [4.69, 9.17) is 10.9 Å². The second-order valence-electron chi connectivity index (χ2n) is 4.86. The molecule has 0 atom stereocenters. The fourth-order valence-electron chi connectivity index (χ4n) is 2.63. The Kier molecular flexibility index (Phi) is 4.07. The summed E-state index contributed by atoms with van der Waals surface area (Å²) in [6, 6.07) is 5.95. The van der Waals surface area contributed by atoms with Crippen molar-refractivity contribution in [3.8, 4) is 0 Å². The van der Waals surface area contributed by atoms with E-state index < -0.39 is 0 Å². The van der Waals surface area contributed by atoms with E-state index in [1.54, 1.807) is 0 Å². The van der Waals surface area contributed by atoms with Crippen LogP contribution in [0.3, 0.4) is 0 Å². The summed E-state index contributed by atoms with van der Waals surface area (Å²) in [5.41, 5.74) is 8.92. The van der Waals surface area contributed by atoms with Gasteiger partial charge < -0.3 is 15.8 Å². The number of rotatable bonds is 2. The Bertz CT molecular complexity index is 435. The van der Waals surface area contributed by atoms with E-state index in [1.165, 1.54) is 31.2 Å². The van der Waals surface area contributed by atoms with Gasteiger partial charge in [0, 0.05) is 18.7 Å². The molecule has 18 heavy (non-hydrogen) atoms. The lowest BCUT2D eigenvalue weighted by Crippen LogP contribution is -2.28. The zero-order valence-corrected chi connectivity index (χ0v) is 10.9. The minimum absolute atomic E-state index is 0.193. The van der Waals surface area contributed by atoms with Crippen LogP contribution in [0.5, 0.6) is 0 Å². The number of para-hydroxylation sites is 1. The summed E-state index contributed by atoms with van der Waals surface area (Å²) >= 11 is 0. The number of nitrogens with zero attached hydrogens (tertiary/aromatic N) is 2. The van der Waals surface area contributed by atoms with E-state index in [1.807, 2.05) is 12.1 Å². The lowest BCUT2D eigenvalue weighted by atomic mass is 10.1. The maximum atomic E-state index is 8.90. The number of anilines is 1. The number of hydrogen-bond donors (Lipinski definition) is 2. The summed E-state index contributed by atoms with van der Waals surface area (Å²) in [5, 5.41) is 12.0. The van der Waals surface area contributed by atoms with Crippen LogP contribution in [0.15, 0.2) is 23.4 Å². The first kappa shape index (κ1) is 12.7. The first-order chi connectivity index (χ1) is 8.74. The molecule has 0 radical (unpaired) electrons. The van der Waals surface area contributed by atoms with Crippen LogP contribution in [0.1, 0.15) is 36.8 Å². The highest BCUT2D eigenvalue weighted by Crippen LogP contribution is 2.27. The number of benzene rings is 1. The van der Waals surface area contributed by atoms with Gasteiger partial charge in [-0.1, -0.05) is 30.1 Å². The molecule has 0 aliphatic carbocycles. The number of aryl methyl sites for hydroxylation is 1. The molecule has 0 bridgehead atoms. The second-order valence-corrected chi connectivity index (χ2v) is 4.86. The van der Waals surface area contributed by atoms with Crippen LogP contribution in [0, 0.1) is 6.92 Å². The van der Waals surface area contributed by atoms with E-state index >= 15 is 0 Å². The van der Waals surface area contributed by atoms with Crippen molar-refractivity contribution < 1.29 is 5.21 Å². The van der Waals surface area contributed by atoms with Crippen molar-refractivity contribution in [3.63, 3.8) is 0 Å². The van der Waals surface area contributed by atoms with Gasteiger partial charge in [-0.05, 0) is 31.4 Å². The molecule has 1 fully saturated rings. The van der Waals surface area contributed by atoms with Gasteiger partial charge in [0.15, 0.2) is 5.84 Å². The monoisotopic (exact) mass is 247 g/mol. The molecule has 0 saturated carbocycles. The Morgan fingerprint density at radius 2 is 1.89 bits per heavy atom. The maximum absolute atomic E-state index is 8.90. The third kappa shape index (κ3) is 2.58. The average molecular weight is 247 g/mol. The molecule has 1 heterocycles. The molecule has 4 heteroatoms. The number of hydrogen-bond acceptors (Lipinski definition) is 3. The van der Waals surface area contributed by atoms with Gasteiger partial charge in [-0.2, -0.15) is 0 Å². The molecule has 1 aromatic carbocycles. The third-order valence-corrected chi connectivity index (χ3v) is 3.54. The Morgan fingerprint density at radius 3 is 2.50 bits per heavy atom. The van der Waals surface area contributed by atoms with E-state index in [9.17, 15) is 0 Å². The standard InChI is InChI=1S/C14H21N3O/c1-11-7-6-8-12(14(15)16-18)13(11)17-9-4-2-3-5-10-17/h6-8,18H,2-5,9-10H2,1H3,(H2,15,16). The first-order valence-electron chi connectivity index (χ1n) is 6.56. The Morgan fingerprint density at radius 1 is 1.22 bits per heavy atom. The van der Waals surface area contributed by atoms with Crippen LogP contribution in [-0.4, -0.2) is 24.1 Å². The summed E-state index contributed by atoms with van der Waals surface area (Å²) in [6.07, 6.45) is 5.01. The van der Waals surface area contributed by atoms with E-state index in [0.29, 0.717) is 0 Å². The van der Waals surface area contributed by atoms with Gasteiger partial charge in [-0.25, -0.2) is 0 Å². The van der Waals surface area contributed by atoms with E-state index in [0.717, 1.165) is 24.3 Å². The van der Waals surface area contributed by atoms with Gasteiger partial charge in [0.25, 0.3) is 0 Å². The predicted molar refractivity (Wildman–Crippen MR) is 74.4 cm³/mol. The van der Waals surface area contributed by atoms with Crippen molar-refractivity contribution in [2.75, 3.05) is 18.0 Å². The van der Waals surface area contributed by atoms with Crippen LogP contribution in [0.4, 0.5) is 5.69 Å². The molecule has 1 aliphatic rings. The quantitative estimate of drug-likeness (QED) is 0.365. The second kappa shape index (κ2) is 5.76. The minimum Gasteiger partial charge on any atom is -0.409 e.